The summed E-state index contributed by atoms with van der Waals surface area (Å²) >= 11 is 3.59. The van der Waals surface area contributed by atoms with E-state index in [1.807, 2.05) is 30.0 Å². The van der Waals surface area contributed by atoms with Gasteiger partial charge in [-0.1, -0.05) is 17.8 Å². The van der Waals surface area contributed by atoms with Crippen molar-refractivity contribution in [3.63, 3.8) is 0 Å². The molecule has 1 aliphatic rings. The van der Waals surface area contributed by atoms with Crippen LogP contribution in [0.1, 0.15) is 5.56 Å². The van der Waals surface area contributed by atoms with E-state index in [0.717, 1.165) is 54.2 Å². The van der Waals surface area contributed by atoms with Gasteiger partial charge in [0, 0.05) is 50.0 Å². The largest absolute Gasteiger partial charge is 0.493 e. The molecule has 0 bridgehead atoms. The van der Waals surface area contributed by atoms with Crippen LogP contribution in [0, 0.1) is 0 Å². The van der Waals surface area contributed by atoms with Crippen molar-refractivity contribution in [2.45, 2.75) is 17.8 Å². The summed E-state index contributed by atoms with van der Waals surface area (Å²) in [6, 6.07) is 5.90. The van der Waals surface area contributed by atoms with Crippen LogP contribution in [0.2, 0.25) is 0 Å². The first kappa shape index (κ1) is 22.2. The molecule has 2 heterocycles. The zero-order valence-corrected chi connectivity index (χ0v) is 18.3. The molecule has 3 rings (SSSR count). The Balaban J connectivity index is 1.39. The molecule has 160 valence electrons. The highest BCUT2D eigenvalue weighted by Gasteiger charge is 2.16. The number of rotatable bonds is 12. The van der Waals surface area contributed by atoms with Crippen molar-refractivity contribution < 1.29 is 14.6 Å². The van der Waals surface area contributed by atoms with Crippen LogP contribution in [0.25, 0.3) is 0 Å². The lowest BCUT2D eigenvalue weighted by molar-refractivity contribution is 0.0705. The Hall–Kier alpha value is -1.46. The molecular formula is C19H29N5O3S2. The van der Waals surface area contributed by atoms with Crippen molar-refractivity contribution in [3.05, 3.63) is 30.1 Å². The molecule has 2 aromatic rings. The average molecular weight is 440 g/mol. The lowest BCUT2D eigenvalue weighted by Gasteiger charge is -2.28. The molecule has 3 N–H and O–H groups in total. The van der Waals surface area contributed by atoms with Gasteiger partial charge < -0.3 is 19.9 Å². The van der Waals surface area contributed by atoms with Crippen LogP contribution < -0.4 is 14.8 Å². The summed E-state index contributed by atoms with van der Waals surface area (Å²) < 4.78 is 11.3. The fourth-order valence-electron chi connectivity index (χ4n) is 2.98. The van der Waals surface area contributed by atoms with Crippen molar-refractivity contribution in [1.82, 2.24) is 25.4 Å². The van der Waals surface area contributed by atoms with Gasteiger partial charge in [-0.05, 0) is 17.7 Å². The van der Waals surface area contributed by atoms with Gasteiger partial charge in [0.2, 0.25) is 0 Å². The summed E-state index contributed by atoms with van der Waals surface area (Å²) in [5, 5.41) is 21.2. The number of β-amino-alcohol motifs (C(OH)–C–C–N with tert-alkyl or cyclic N) is 1. The first-order valence-corrected chi connectivity index (χ1v) is 11.9. The number of hydrogen-bond acceptors (Lipinski definition) is 9. The minimum atomic E-state index is -0.508. The van der Waals surface area contributed by atoms with Crippen molar-refractivity contribution in [1.29, 1.82) is 0 Å². The summed E-state index contributed by atoms with van der Waals surface area (Å²) in [5.41, 5.74) is 1.12. The van der Waals surface area contributed by atoms with E-state index in [1.54, 1.807) is 18.9 Å². The van der Waals surface area contributed by atoms with Crippen LogP contribution in [0.5, 0.6) is 11.5 Å². The van der Waals surface area contributed by atoms with E-state index in [1.165, 1.54) is 6.33 Å². The molecule has 0 amide bonds. The molecule has 8 nitrogen and oxygen atoms in total. The molecule has 1 aromatic heterocycles. The Labute approximate surface area is 180 Å². The maximum atomic E-state index is 10.3. The molecule has 1 unspecified atom stereocenters. The van der Waals surface area contributed by atoms with E-state index in [4.69, 9.17) is 9.47 Å². The number of thioether (sulfide) groups is 2. The average Bonchev–Trinajstić information content (AvgIpc) is 3.26. The van der Waals surface area contributed by atoms with Gasteiger partial charge in [-0.3, -0.25) is 10.00 Å². The number of methoxy groups -OCH3 is 1. The molecule has 1 atom stereocenters. The second-order valence-electron chi connectivity index (χ2n) is 6.68. The quantitative estimate of drug-likeness (QED) is 0.336. The number of nitrogens with zero attached hydrogens (tertiary/aromatic N) is 3. The predicted molar refractivity (Wildman–Crippen MR) is 117 cm³/mol. The van der Waals surface area contributed by atoms with Crippen LogP contribution in [-0.4, -0.2) is 88.4 Å². The highest BCUT2D eigenvalue weighted by atomic mass is 32.2. The van der Waals surface area contributed by atoms with E-state index in [9.17, 15) is 5.11 Å². The zero-order chi connectivity index (χ0) is 20.3. The normalized spacial score (nSPS) is 15.9. The maximum Gasteiger partial charge on any atom is 0.183 e. The minimum Gasteiger partial charge on any atom is -0.493 e. The van der Waals surface area contributed by atoms with Gasteiger partial charge in [0.15, 0.2) is 16.7 Å². The molecule has 0 radical (unpaired) electrons. The second-order valence-corrected chi connectivity index (χ2v) is 8.99. The fourth-order valence-corrected chi connectivity index (χ4v) is 4.64. The molecule has 1 aromatic carbocycles. The van der Waals surface area contributed by atoms with Crippen LogP contribution in [-0.2, 0) is 6.54 Å². The molecule has 0 saturated carbocycles. The second kappa shape index (κ2) is 12.3. The Morgan fingerprint density at radius 3 is 2.97 bits per heavy atom. The third-order valence-corrected chi connectivity index (χ3v) is 6.29. The van der Waals surface area contributed by atoms with Crippen molar-refractivity contribution in [2.75, 3.05) is 57.2 Å². The molecule has 1 fully saturated rings. The monoisotopic (exact) mass is 439 g/mol. The number of aromatic amines is 1. The van der Waals surface area contributed by atoms with Gasteiger partial charge in [0.25, 0.3) is 0 Å². The minimum absolute atomic E-state index is 0.260. The fraction of sp³-hybridized carbons (Fsp3) is 0.579. The van der Waals surface area contributed by atoms with Gasteiger partial charge >= 0.3 is 0 Å². The number of aliphatic hydroxyl groups is 1. The molecule has 0 aliphatic carbocycles. The van der Waals surface area contributed by atoms with E-state index in [-0.39, 0.29) is 6.61 Å². The Morgan fingerprint density at radius 2 is 2.21 bits per heavy atom. The van der Waals surface area contributed by atoms with Crippen LogP contribution >= 0.6 is 23.5 Å². The summed E-state index contributed by atoms with van der Waals surface area (Å²) in [6.07, 6.45) is 1.00. The van der Waals surface area contributed by atoms with Gasteiger partial charge in [-0.2, -0.15) is 16.9 Å². The van der Waals surface area contributed by atoms with E-state index in [0.29, 0.717) is 18.0 Å². The molecule has 10 heteroatoms. The smallest absolute Gasteiger partial charge is 0.183 e. The zero-order valence-electron chi connectivity index (χ0n) is 16.7. The number of hydrogen-bond donors (Lipinski definition) is 3. The summed E-state index contributed by atoms with van der Waals surface area (Å²) in [6.45, 7) is 4.57. The Morgan fingerprint density at radius 1 is 1.34 bits per heavy atom. The molecule has 0 spiro atoms. The van der Waals surface area contributed by atoms with Gasteiger partial charge in [0.05, 0.1) is 7.11 Å². The van der Waals surface area contributed by atoms with Gasteiger partial charge in [0.1, 0.15) is 19.0 Å². The number of H-pyrrole nitrogens is 1. The predicted octanol–water partition coefficient (Wildman–Crippen LogP) is 1.48. The van der Waals surface area contributed by atoms with E-state index < -0.39 is 6.10 Å². The molecular weight excluding hydrogens is 410 g/mol. The number of aliphatic hydroxyl groups excluding tert-OH is 1. The first-order valence-electron chi connectivity index (χ1n) is 9.71. The lowest BCUT2D eigenvalue weighted by atomic mass is 10.2. The Bertz CT molecular complexity index is 714. The van der Waals surface area contributed by atoms with Crippen molar-refractivity contribution in [2.24, 2.45) is 0 Å². The molecule has 1 saturated heterocycles. The third-order valence-electron chi connectivity index (χ3n) is 4.47. The number of benzene rings is 1. The van der Waals surface area contributed by atoms with Crippen LogP contribution in [0.4, 0.5) is 0 Å². The van der Waals surface area contributed by atoms with Gasteiger partial charge in [-0.25, -0.2) is 4.98 Å². The number of aromatic nitrogens is 3. The SMILES string of the molecule is COc1cc(CNCCSc2ncn[nH]2)ccc1OCC(O)CN1CCSCC1. The molecule has 1 aliphatic heterocycles. The summed E-state index contributed by atoms with van der Waals surface area (Å²) in [4.78, 5) is 6.37. The highest BCUT2D eigenvalue weighted by molar-refractivity contribution is 7.99. The standard InChI is InChI=1S/C19H29N5O3S2/c1-26-18-10-15(11-20-4-7-29-19-21-14-22-23-19)2-3-17(18)27-13-16(25)12-24-5-8-28-9-6-24/h2-3,10,14,16,20,25H,4-9,11-13H2,1H3,(H,21,22,23). The number of ether oxygens (including phenoxy) is 2. The Kier molecular flexibility index (Phi) is 9.42. The van der Waals surface area contributed by atoms with Crippen molar-refractivity contribution in [3.8, 4) is 11.5 Å². The topological polar surface area (TPSA) is 95.5 Å². The van der Waals surface area contributed by atoms with Crippen LogP contribution in [0.3, 0.4) is 0 Å². The van der Waals surface area contributed by atoms with E-state index >= 15 is 0 Å². The number of nitrogens with one attached hydrogen (secondary N) is 2. The van der Waals surface area contributed by atoms with Crippen LogP contribution in [0.15, 0.2) is 29.7 Å². The van der Waals surface area contributed by atoms with E-state index in [2.05, 4.69) is 25.4 Å². The summed E-state index contributed by atoms with van der Waals surface area (Å²) in [5.74, 6) is 4.51. The molecule has 29 heavy (non-hydrogen) atoms. The lowest BCUT2D eigenvalue weighted by Crippen LogP contribution is -2.40. The van der Waals surface area contributed by atoms with Crippen molar-refractivity contribution >= 4 is 23.5 Å². The van der Waals surface area contributed by atoms with Gasteiger partial charge in [-0.15, -0.1) is 0 Å². The highest BCUT2D eigenvalue weighted by Crippen LogP contribution is 2.28. The first-order chi connectivity index (χ1) is 14.2. The summed E-state index contributed by atoms with van der Waals surface area (Å²) in [7, 11) is 1.63. The third kappa shape index (κ3) is 7.71. The maximum absolute atomic E-state index is 10.3.